The minimum absolute atomic E-state index is 0.149. The third-order valence-electron chi connectivity index (χ3n) is 6.24. The molecule has 38 heavy (non-hydrogen) atoms. The van der Waals surface area contributed by atoms with Gasteiger partial charge in [-0.25, -0.2) is 19.2 Å². The van der Waals surface area contributed by atoms with Crippen molar-refractivity contribution in [2.75, 3.05) is 18.9 Å². The number of fused-ring (bicyclic) bond motifs is 1. The van der Waals surface area contributed by atoms with E-state index in [0.717, 1.165) is 16.8 Å². The molecule has 3 aromatic rings. The Labute approximate surface area is 217 Å². The largest absolute Gasteiger partial charge is 0.397 e. The summed E-state index contributed by atoms with van der Waals surface area (Å²) in [5, 5.41) is 20.1. The molecule has 2 aliphatic heterocycles. The number of anilines is 1. The highest BCUT2D eigenvalue weighted by Gasteiger charge is 2.49. The number of nitrogens with zero attached hydrogens (tertiary/aromatic N) is 4. The molecule has 0 spiro atoms. The molecular formula is C20H24FN6O9PS. The van der Waals surface area contributed by atoms with Crippen LogP contribution in [0.5, 0.6) is 0 Å². The highest BCUT2D eigenvalue weighted by molar-refractivity contribution is 8.07. The second-order valence-corrected chi connectivity index (χ2v) is 11.5. The number of aromatic nitrogens is 5. The summed E-state index contributed by atoms with van der Waals surface area (Å²) in [6, 6.07) is 2.60. The Bertz CT molecular complexity index is 1480. The SMILES string of the molecule is Nc1ccnc2c1ncn2[C@H]1CC(O)[C@@H](COP(O)(=S)OC2[C@@H](CO)O[C@@H](n3ccc(=O)[nH]c3=O)[C@H]2F)O1. The minimum Gasteiger partial charge on any atom is -0.397 e. The van der Waals surface area contributed by atoms with Gasteiger partial charge < -0.3 is 34.8 Å². The van der Waals surface area contributed by atoms with Crippen LogP contribution in [0.15, 0.2) is 40.4 Å². The molecule has 6 N–H and O–H groups in total. The Balaban J connectivity index is 1.24. The molecule has 206 valence electrons. The van der Waals surface area contributed by atoms with Gasteiger partial charge in [0.1, 0.15) is 30.1 Å². The molecule has 0 bridgehead atoms. The van der Waals surface area contributed by atoms with E-state index in [2.05, 4.69) is 9.97 Å². The topological polar surface area (TPSA) is 209 Å². The Morgan fingerprint density at radius 3 is 2.79 bits per heavy atom. The maximum absolute atomic E-state index is 15.3. The van der Waals surface area contributed by atoms with Crippen molar-refractivity contribution in [1.29, 1.82) is 0 Å². The number of nitrogens with two attached hydrogens (primary N) is 1. The number of hydrogen-bond donors (Lipinski definition) is 5. The summed E-state index contributed by atoms with van der Waals surface area (Å²) < 4.78 is 39.6. The van der Waals surface area contributed by atoms with Gasteiger partial charge in [0, 0.05) is 24.9 Å². The lowest BCUT2D eigenvalue weighted by molar-refractivity contribution is -0.0528. The first-order valence-electron chi connectivity index (χ1n) is 11.4. The van der Waals surface area contributed by atoms with E-state index in [-0.39, 0.29) is 6.42 Å². The van der Waals surface area contributed by atoms with Crippen LogP contribution in [0.25, 0.3) is 11.2 Å². The van der Waals surface area contributed by atoms with Crippen LogP contribution in [0.1, 0.15) is 18.9 Å². The smallest absolute Gasteiger partial charge is 0.330 e. The van der Waals surface area contributed by atoms with Gasteiger partial charge in [0.05, 0.1) is 31.3 Å². The summed E-state index contributed by atoms with van der Waals surface area (Å²) in [5.41, 5.74) is 5.65. The Hall–Kier alpha value is -2.60. The summed E-state index contributed by atoms with van der Waals surface area (Å²) in [4.78, 5) is 44.4. The second-order valence-electron chi connectivity index (χ2n) is 8.70. The monoisotopic (exact) mass is 574 g/mol. The van der Waals surface area contributed by atoms with E-state index in [1.807, 2.05) is 4.98 Å². The quantitative estimate of drug-likeness (QED) is 0.206. The van der Waals surface area contributed by atoms with Crippen LogP contribution in [-0.4, -0.2) is 83.0 Å². The summed E-state index contributed by atoms with van der Waals surface area (Å²) in [7, 11) is 0. The number of pyridine rings is 1. The standard InChI is InChI=1S/C20H24FN6O9PS/c21-15-17(11(6-28)35-19(15)26-4-2-13(30)25-20(26)31)36-37(32,38)33-7-12-10(29)5-14(34-12)27-8-24-16-9(22)1-3-23-18(16)27/h1-4,8,10-12,14-15,17,19,28-29H,5-7H2,(H2,22,23)(H,32,38)(H,25,30,31)/t10?,11-,12-,14-,15+,17?,19-,37?/m1/s1. The predicted molar refractivity (Wildman–Crippen MR) is 131 cm³/mol. The fourth-order valence-electron chi connectivity index (χ4n) is 4.37. The van der Waals surface area contributed by atoms with E-state index < -0.39 is 74.2 Å². The predicted octanol–water partition coefficient (Wildman–Crippen LogP) is -0.942. The van der Waals surface area contributed by atoms with Crippen molar-refractivity contribution in [1.82, 2.24) is 24.1 Å². The maximum atomic E-state index is 15.3. The average molecular weight is 574 g/mol. The van der Waals surface area contributed by atoms with Crippen molar-refractivity contribution >= 4 is 35.4 Å². The average Bonchev–Trinajstić information content (AvgIpc) is 3.54. The molecule has 2 fully saturated rings. The molecule has 15 nitrogen and oxygen atoms in total. The molecular weight excluding hydrogens is 550 g/mol. The number of ether oxygens (including phenoxy) is 2. The van der Waals surface area contributed by atoms with Gasteiger partial charge in [-0.3, -0.25) is 23.4 Å². The van der Waals surface area contributed by atoms with Crippen LogP contribution < -0.4 is 17.0 Å². The van der Waals surface area contributed by atoms with Crippen LogP contribution in [0, 0.1) is 0 Å². The number of hydrogen-bond acceptors (Lipinski definition) is 12. The summed E-state index contributed by atoms with van der Waals surface area (Å²) >= 11 is 5.02. The van der Waals surface area contributed by atoms with Crippen molar-refractivity contribution in [2.24, 2.45) is 0 Å². The lowest BCUT2D eigenvalue weighted by atomic mass is 10.1. The van der Waals surface area contributed by atoms with E-state index >= 15 is 4.39 Å². The van der Waals surface area contributed by atoms with Crippen molar-refractivity contribution in [3.63, 3.8) is 0 Å². The third-order valence-corrected chi connectivity index (χ3v) is 7.80. The Kier molecular flexibility index (Phi) is 7.47. The van der Waals surface area contributed by atoms with Crippen molar-refractivity contribution in [3.05, 3.63) is 51.7 Å². The third kappa shape index (κ3) is 5.16. The van der Waals surface area contributed by atoms with Gasteiger partial charge in [-0.1, -0.05) is 0 Å². The molecule has 2 aliphatic rings. The first-order valence-corrected chi connectivity index (χ1v) is 13.9. The first-order chi connectivity index (χ1) is 18.1. The number of nitrogen functional groups attached to an aromatic ring is 1. The number of nitrogens with one attached hydrogen (secondary N) is 1. The van der Waals surface area contributed by atoms with Crippen LogP contribution >= 0.6 is 6.72 Å². The van der Waals surface area contributed by atoms with Gasteiger partial charge >= 0.3 is 12.4 Å². The molecule has 0 radical (unpaired) electrons. The zero-order valence-corrected chi connectivity index (χ0v) is 21.2. The summed E-state index contributed by atoms with van der Waals surface area (Å²) in [6.45, 7) is -5.28. The Morgan fingerprint density at radius 1 is 1.26 bits per heavy atom. The lowest BCUT2D eigenvalue weighted by Gasteiger charge is -2.25. The Morgan fingerprint density at radius 2 is 2.05 bits per heavy atom. The number of rotatable bonds is 8. The highest BCUT2D eigenvalue weighted by Crippen LogP contribution is 2.50. The van der Waals surface area contributed by atoms with Gasteiger partial charge in [-0.05, 0) is 17.9 Å². The molecule has 2 saturated heterocycles. The number of imidazole rings is 1. The van der Waals surface area contributed by atoms with E-state index in [4.69, 9.17) is 36.1 Å². The van der Waals surface area contributed by atoms with E-state index in [9.17, 15) is 24.7 Å². The molecule has 0 saturated carbocycles. The molecule has 5 rings (SSSR count). The molecule has 18 heteroatoms. The van der Waals surface area contributed by atoms with Crippen LogP contribution in [-0.2, 0) is 30.3 Å². The number of aliphatic hydroxyl groups is 2. The number of H-pyrrole nitrogens is 1. The normalized spacial score (nSPS) is 31.1. The van der Waals surface area contributed by atoms with Gasteiger partial charge in [-0.15, -0.1) is 0 Å². The number of alkyl halides is 1. The molecule has 5 heterocycles. The van der Waals surface area contributed by atoms with Crippen LogP contribution in [0.4, 0.5) is 10.1 Å². The van der Waals surface area contributed by atoms with Gasteiger partial charge in [-0.2, -0.15) is 0 Å². The lowest BCUT2D eigenvalue weighted by Crippen LogP contribution is -2.36. The summed E-state index contributed by atoms with van der Waals surface area (Å²) in [5.74, 6) is 0. The second kappa shape index (κ2) is 10.5. The van der Waals surface area contributed by atoms with Crippen LogP contribution in [0.3, 0.4) is 0 Å². The maximum Gasteiger partial charge on any atom is 0.330 e. The van der Waals surface area contributed by atoms with Crippen molar-refractivity contribution in [3.8, 4) is 0 Å². The fraction of sp³-hybridized carbons (Fsp3) is 0.500. The molecule has 0 amide bonds. The number of aliphatic hydroxyl groups excluding tert-OH is 2. The van der Waals surface area contributed by atoms with Crippen molar-refractivity contribution < 1.29 is 38.0 Å². The van der Waals surface area contributed by atoms with Gasteiger partial charge in [0.15, 0.2) is 18.0 Å². The number of aromatic amines is 1. The zero-order valence-electron chi connectivity index (χ0n) is 19.4. The van der Waals surface area contributed by atoms with Gasteiger partial charge in [0.2, 0.25) is 0 Å². The van der Waals surface area contributed by atoms with Gasteiger partial charge in [0.25, 0.3) is 5.56 Å². The molecule has 0 aromatic carbocycles. The van der Waals surface area contributed by atoms with Crippen LogP contribution in [0.2, 0.25) is 0 Å². The number of halogens is 1. The van der Waals surface area contributed by atoms with E-state index in [0.29, 0.717) is 16.9 Å². The highest BCUT2D eigenvalue weighted by atomic mass is 32.5. The molecule has 0 aliphatic carbocycles. The molecule has 3 unspecified atom stereocenters. The van der Waals surface area contributed by atoms with Crippen molar-refractivity contribution in [2.45, 2.75) is 49.5 Å². The minimum atomic E-state index is -4.15. The first kappa shape index (κ1) is 27.0. The zero-order chi connectivity index (χ0) is 27.2. The summed E-state index contributed by atoms with van der Waals surface area (Å²) in [6.07, 6.45) is -4.97. The molecule has 3 aromatic heterocycles. The van der Waals surface area contributed by atoms with E-state index in [1.54, 1.807) is 10.6 Å². The fourth-order valence-corrected chi connectivity index (χ4v) is 5.81. The van der Waals surface area contributed by atoms with E-state index in [1.165, 1.54) is 12.5 Å². The molecule has 8 atom stereocenters.